The lowest BCUT2D eigenvalue weighted by atomic mass is 10.2. The van der Waals surface area contributed by atoms with Crippen molar-refractivity contribution in [3.8, 4) is 0 Å². The summed E-state index contributed by atoms with van der Waals surface area (Å²) in [5.41, 5.74) is 6.64. The second-order valence-corrected chi connectivity index (χ2v) is 6.41. The molecule has 1 aromatic heterocycles. The van der Waals surface area contributed by atoms with E-state index in [9.17, 15) is 4.79 Å². The minimum Gasteiger partial charge on any atom is -0.397 e. The molecular formula is C14H15ClN2O2S. The minimum atomic E-state index is -0.0460. The number of hydrogen-bond donors (Lipinski definition) is 1. The van der Waals surface area contributed by atoms with Crippen molar-refractivity contribution in [2.45, 2.75) is 12.5 Å². The number of likely N-dealkylation sites (N-methyl/N-ethyl adjacent to an activating group) is 1. The lowest BCUT2D eigenvalue weighted by Crippen LogP contribution is -2.37. The number of ether oxygens (including phenoxy) is 1. The summed E-state index contributed by atoms with van der Waals surface area (Å²) in [6, 6.07) is 5.64. The first kappa shape index (κ1) is 13.7. The van der Waals surface area contributed by atoms with Gasteiger partial charge in [-0.3, -0.25) is 4.79 Å². The van der Waals surface area contributed by atoms with Crippen LogP contribution in [0.5, 0.6) is 0 Å². The highest BCUT2D eigenvalue weighted by Crippen LogP contribution is 2.36. The fraction of sp³-hybridized carbons (Fsp3) is 0.357. The lowest BCUT2D eigenvalue weighted by Gasteiger charge is -2.22. The number of halogens is 1. The maximum Gasteiger partial charge on any atom is 0.266 e. The van der Waals surface area contributed by atoms with Gasteiger partial charge < -0.3 is 15.4 Å². The van der Waals surface area contributed by atoms with Gasteiger partial charge in [0.25, 0.3) is 5.91 Å². The van der Waals surface area contributed by atoms with Gasteiger partial charge in [-0.2, -0.15) is 0 Å². The summed E-state index contributed by atoms with van der Waals surface area (Å²) in [4.78, 5) is 14.9. The third-order valence-corrected chi connectivity index (χ3v) is 5.07. The molecular weight excluding hydrogens is 296 g/mol. The molecule has 1 aromatic carbocycles. The number of nitrogens with two attached hydrogens (primary N) is 1. The highest BCUT2D eigenvalue weighted by atomic mass is 35.5. The average Bonchev–Trinajstić information content (AvgIpc) is 3.06. The topological polar surface area (TPSA) is 55.6 Å². The van der Waals surface area contributed by atoms with E-state index in [2.05, 4.69) is 0 Å². The number of hydrogen-bond acceptors (Lipinski definition) is 4. The molecule has 2 aromatic rings. The molecule has 4 nitrogen and oxygen atoms in total. The smallest absolute Gasteiger partial charge is 0.266 e. The predicted molar refractivity (Wildman–Crippen MR) is 82.6 cm³/mol. The van der Waals surface area contributed by atoms with Gasteiger partial charge in [-0.25, -0.2) is 0 Å². The zero-order valence-corrected chi connectivity index (χ0v) is 12.6. The van der Waals surface area contributed by atoms with Crippen LogP contribution in [-0.4, -0.2) is 37.1 Å². The third kappa shape index (κ3) is 2.26. The molecule has 1 fully saturated rings. The summed E-state index contributed by atoms with van der Waals surface area (Å²) in [5, 5.41) is 1.47. The van der Waals surface area contributed by atoms with Crippen LogP contribution in [0.1, 0.15) is 16.1 Å². The number of carbonyl (C=O) groups excluding carboxylic acids is 1. The molecule has 0 bridgehead atoms. The monoisotopic (exact) mass is 310 g/mol. The Morgan fingerprint density at radius 2 is 2.35 bits per heavy atom. The van der Waals surface area contributed by atoms with Crippen molar-refractivity contribution < 1.29 is 9.53 Å². The summed E-state index contributed by atoms with van der Waals surface area (Å²) >= 11 is 7.39. The Morgan fingerprint density at radius 1 is 1.55 bits per heavy atom. The normalized spacial score (nSPS) is 18.6. The molecule has 1 saturated heterocycles. The maximum absolute atomic E-state index is 12.6. The summed E-state index contributed by atoms with van der Waals surface area (Å²) in [6.45, 7) is 1.30. The molecule has 106 valence electrons. The Bertz CT molecular complexity index is 664. The number of nitrogen functional groups attached to an aromatic ring is 1. The largest absolute Gasteiger partial charge is 0.397 e. The van der Waals surface area contributed by atoms with Gasteiger partial charge in [-0.1, -0.05) is 11.6 Å². The van der Waals surface area contributed by atoms with Gasteiger partial charge in [0.05, 0.1) is 18.3 Å². The van der Waals surface area contributed by atoms with Gasteiger partial charge in [0.15, 0.2) is 0 Å². The van der Waals surface area contributed by atoms with Crippen molar-refractivity contribution in [2.24, 2.45) is 0 Å². The Morgan fingerprint density at radius 3 is 3.05 bits per heavy atom. The van der Waals surface area contributed by atoms with E-state index in [1.54, 1.807) is 18.0 Å². The van der Waals surface area contributed by atoms with Gasteiger partial charge in [0.1, 0.15) is 4.88 Å². The molecule has 0 radical (unpaired) electrons. The standard InChI is InChI=1S/C14H15ClN2O2S/c1-17(9-4-5-19-7-9)14(18)13-12(16)10-6-8(15)2-3-11(10)20-13/h2-3,6,9H,4-5,7,16H2,1H3. The first-order valence-electron chi connectivity index (χ1n) is 6.40. The fourth-order valence-corrected chi connectivity index (χ4v) is 3.66. The van der Waals surface area contributed by atoms with E-state index in [0.717, 1.165) is 16.5 Å². The van der Waals surface area contributed by atoms with Crippen LogP contribution in [0.3, 0.4) is 0 Å². The first-order valence-corrected chi connectivity index (χ1v) is 7.60. The minimum absolute atomic E-state index is 0.0460. The van der Waals surface area contributed by atoms with Gasteiger partial charge in [0, 0.05) is 28.8 Å². The molecule has 1 atom stereocenters. The highest BCUT2D eigenvalue weighted by molar-refractivity contribution is 7.21. The number of fused-ring (bicyclic) bond motifs is 1. The second kappa shape index (κ2) is 5.24. The number of benzene rings is 1. The molecule has 0 spiro atoms. The van der Waals surface area contributed by atoms with E-state index in [1.165, 1.54) is 11.3 Å². The van der Waals surface area contributed by atoms with Crippen LogP contribution in [0.2, 0.25) is 5.02 Å². The zero-order valence-electron chi connectivity index (χ0n) is 11.1. The number of anilines is 1. The maximum atomic E-state index is 12.6. The van der Waals surface area contributed by atoms with E-state index in [-0.39, 0.29) is 11.9 Å². The molecule has 6 heteroatoms. The molecule has 20 heavy (non-hydrogen) atoms. The highest BCUT2D eigenvalue weighted by Gasteiger charge is 2.27. The SMILES string of the molecule is CN(C(=O)c1sc2ccc(Cl)cc2c1N)C1CCOC1. The molecule has 2 N–H and O–H groups in total. The number of thiophene rings is 1. The van der Waals surface area contributed by atoms with Crippen LogP contribution < -0.4 is 5.73 Å². The molecule has 1 aliphatic heterocycles. The van der Waals surface area contributed by atoms with E-state index in [0.29, 0.717) is 28.8 Å². The van der Waals surface area contributed by atoms with Crippen molar-refractivity contribution in [3.05, 3.63) is 28.1 Å². The number of amides is 1. The average molecular weight is 311 g/mol. The Labute approximate surface area is 126 Å². The van der Waals surface area contributed by atoms with Gasteiger partial charge in [0.2, 0.25) is 0 Å². The molecule has 1 amide bonds. The van der Waals surface area contributed by atoms with Crippen LogP contribution in [0.15, 0.2) is 18.2 Å². The molecule has 0 aliphatic carbocycles. The molecule has 0 saturated carbocycles. The summed E-state index contributed by atoms with van der Waals surface area (Å²) in [5.74, 6) is -0.0460. The number of carbonyl (C=O) groups is 1. The lowest BCUT2D eigenvalue weighted by molar-refractivity contribution is 0.0717. The first-order chi connectivity index (χ1) is 9.58. The van der Waals surface area contributed by atoms with Crippen molar-refractivity contribution >= 4 is 44.6 Å². The van der Waals surface area contributed by atoms with E-state index >= 15 is 0 Å². The molecule has 2 heterocycles. The van der Waals surface area contributed by atoms with Crippen LogP contribution in [0.4, 0.5) is 5.69 Å². The van der Waals surface area contributed by atoms with E-state index in [4.69, 9.17) is 22.1 Å². The zero-order chi connectivity index (χ0) is 14.3. The molecule has 1 aliphatic rings. The number of nitrogens with zero attached hydrogens (tertiary/aromatic N) is 1. The summed E-state index contributed by atoms with van der Waals surface area (Å²) in [6.07, 6.45) is 0.874. The van der Waals surface area contributed by atoms with Crippen molar-refractivity contribution in [3.63, 3.8) is 0 Å². The molecule has 1 unspecified atom stereocenters. The van der Waals surface area contributed by atoms with E-state index < -0.39 is 0 Å². The molecule has 3 rings (SSSR count). The van der Waals surface area contributed by atoms with Crippen LogP contribution in [0.25, 0.3) is 10.1 Å². The van der Waals surface area contributed by atoms with Crippen LogP contribution in [-0.2, 0) is 4.74 Å². The van der Waals surface area contributed by atoms with E-state index in [1.807, 2.05) is 12.1 Å². The summed E-state index contributed by atoms with van der Waals surface area (Å²) < 4.78 is 6.31. The fourth-order valence-electron chi connectivity index (χ4n) is 2.40. The second-order valence-electron chi connectivity index (χ2n) is 4.92. The van der Waals surface area contributed by atoms with Gasteiger partial charge in [-0.15, -0.1) is 11.3 Å². The van der Waals surface area contributed by atoms with Gasteiger partial charge >= 0.3 is 0 Å². The van der Waals surface area contributed by atoms with Crippen molar-refractivity contribution in [2.75, 3.05) is 26.0 Å². The van der Waals surface area contributed by atoms with Crippen LogP contribution >= 0.6 is 22.9 Å². The Kier molecular flexibility index (Phi) is 3.58. The Hall–Kier alpha value is -1.30. The van der Waals surface area contributed by atoms with Crippen molar-refractivity contribution in [1.29, 1.82) is 0 Å². The van der Waals surface area contributed by atoms with Crippen LogP contribution in [0, 0.1) is 0 Å². The quantitative estimate of drug-likeness (QED) is 0.927. The van der Waals surface area contributed by atoms with Gasteiger partial charge in [-0.05, 0) is 24.6 Å². The van der Waals surface area contributed by atoms with Crippen molar-refractivity contribution in [1.82, 2.24) is 4.90 Å². The summed E-state index contributed by atoms with van der Waals surface area (Å²) in [7, 11) is 1.80. The third-order valence-electron chi connectivity index (χ3n) is 3.66. The Balaban J connectivity index is 1.96. The predicted octanol–water partition coefficient (Wildman–Crippen LogP) is 3.00. The number of rotatable bonds is 2.